The van der Waals surface area contributed by atoms with E-state index in [0.717, 1.165) is 12.8 Å². The molecule has 0 aliphatic carbocycles. The van der Waals surface area contributed by atoms with Crippen LogP contribution in [-0.2, 0) is 0 Å². The van der Waals surface area contributed by atoms with Gasteiger partial charge in [0.2, 0.25) is 34.8 Å². The van der Waals surface area contributed by atoms with Crippen molar-refractivity contribution in [3.63, 3.8) is 0 Å². The highest BCUT2D eigenvalue weighted by Crippen LogP contribution is 2.38. The summed E-state index contributed by atoms with van der Waals surface area (Å²) in [6, 6.07) is 10.5. The van der Waals surface area contributed by atoms with Gasteiger partial charge >= 0.3 is 0 Å². The van der Waals surface area contributed by atoms with Crippen LogP contribution in [0.15, 0.2) is 48.5 Å². The summed E-state index contributed by atoms with van der Waals surface area (Å²) in [6.07, 6.45) is 1.53. The lowest BCUT2D eigenvalue weighted by Gasteiger charge is -2.17. The highest BCUT2D eigenvalue weighted by atomic mass is 19.2. The molecule has 6 nitrogen and oxygen atoms in total. The standard InChI is InChI=1S/C28H28F4N2O4/c1-5-15-33(3)27(35)17-7-11-19(12-8-17)37-25-21(29)23(31)26(24(32)22(25)30)38-20-13-9-18(10-14-20)28(36)34(4)16-6-2/h7-14H,5-6,15-16H2,1-4H3. The number of amides is 2. The molecule has 0 bridgehead atoms. The first kappa shape index (κ1) is 28.5. The smallest absolute Gasteiger partial charge is 0.253 e. The summed E-state index contributed by atoms with van der Waals surface area (Å²) in [4.78, 5) is 27.7. The molecule has 0 aromatic heterocycles. The molecule has 38 heavy (non-hydrogen) atoms. The van der Waals surface area contributed by atoms with Gasteiger partial charge in [-0.05, 0) is 61.4 Å². The van der Waals surface area contributed by atoms with Crippen molar-refractivity contribution in [2.24, 2.45) is 0 Å². The second-order valence-electron chi connectivity index (χ2n) is 8.62. The summed E-state index contributed by atoms with van der Waals surface area (Å²) < 4.78 is 69.1. The van der Waals surface area contributed by atoms with E-state index >= 15 is 0 Å². The Hall–Kier alpha value is -4.08. The van der Waals surface area contributed by atoms with E-state index in [1.54, 1.807) is 14.1 Å². The molecule has 0 unspecified atom stereocenters. The fourth-order valence-corrected chi connectivity index (χ4v) is 3.65. The zero-order chi connectivity index (χ0) is 28.0. The third-order valence-corrected chi connectivity index (χ3v) is 5.64. The SMILES string of the molecule is CCCN(C)C(=O)c1ccc(Oc2c(F)c(F)c(Oc3ccc(C(=O)N(C)CCC)cc3)c(F)c2F)cc1. The lowest BCUT2D eigenvalue weighted by molar-refractivity contribution is 0.0788. The largest absolute Gasteiger partial charge is 0.451 e. The molecule has 0 heterocycles. The van der Waals surface area contributed by atoms with Crippen LogP contribution >= 0.6 is 0 Å². The number of halogens is 4. The van der Waals surface area contributed by atoms with Crippen molar-refractivity contribution in [1.82, 2.24) is 9.80 Å². The van der Waals surface area contributed by atoms with Crippen LogP contribution < -0.4 is 9.47 Å². The molecule has 0 fully saturated rings. The highest BCUT2D eigenvalue weighted by molar-refractivity contribution is 5.94. The Morgan fingerprint density at radius 3 is 1.16 bits per heavy atom. The van der Waals surface area contributed by atoms with Crippen LogP contribution in [0.4, 0.5) is 17.6 Å². The van der Waals surface area contributed by atoms with Gasteiger partial charge in [-0.1, -0.05) is 13.8 Å². The monoisotopic (exact) mass is 532 g/mol. The quantitative estimate of drug-likeness (QED) is 0.213. The third-order valence-electron chi connectivity index (χ3n) is 5.64. The summed E-state index contributed by atoms with van der Waals surface area (Å²) in [5.41, 5.74) is 0.611. The maximum absolute atomic E-state index is 14.7. The molecular formula is C28H28F4N2O4. The minimum atomic E-state index is -1.80. The minimum Gasteiger partial charge on any atom is -0.451 e. The fourth-order valence-electron chi connectivity index (χ4n) is 3.65. The second kappa shape index (κ2) is 12.4. The van der Waals surface area contributed by atoms with Crippen LogP contribution in [0.3, 0.4) is 0 Å². The third kappa shape index (κ3) is 6.24. The van der Waals surface area contributed by atoms with Crippen molar-refractivity contribution in [3.8, 4) is 23.0 Å². The summed E-state index contributed by atoms with van der Waals surface area (Å²) in [5.74, 6) is -10.6. The van der Waals surface area contributed by atoms with E-state index < -0.39 is 34.8 Å². The van der Waals surface area contributed by atoms with Gasteiger partial charge in [-0.25, -0.2) is 0 Å². The molecule has 2 amide bonds. The van der Waals surface area contributed by atoms with Gasteiger partial charge in [0.1, 0.15) is 11.5 Å². The Morgan fingerprint density at radius 1 is 0.605 bits per heavy atom. The molecule has 202 valence electrons. The molecule has 0 N–H and O–H groups in total. The van der Waals surface area contributed by atoms with Crippen LogP contribution in [-0.4, -0.2) is 48.8 Å². The van der Waals surface area contributed by atoms with E-state index in [4.69, 9.17) is 9.47 Å². The maximum atomic E-state index is 14.7. The Labute approximate surface area is 218 Å². The van der Waals surface area contributed by atoms with Gasteiger partial charge in [0.05, 0.1) is 0 Å². The molecule has 0 atom stereocenters. The number of carbonyl (C=O) groups excluding carboxylic acids is 2. The first-order chi connectivity index (χ1) is 18.1. The molecule has 0 saturated heterocycles. The number of hydrogen-bond acceptors (Lipinski definition) is 4. The van der Waals surface area contributed by atoms with Gasteiger partial charge in [0, 0.05) is 38.3 Å². The molecule has 0 saturated carbocycles. The number of rotatable bonds is 10. The summed E-state index contributed by atoms with van der Waals surface area (Å²) in [5, 5.41) is 0. The highest BCUT2D eigenvalue weighted by Gasteiger charge is 2.29. The Morgan fingerprint density at radius 2 is 0.895 bits per heavy atom. The van der Waals surface area contributed by atoms with Crippen molar-refractivity contribution in [3.05, 3.63) is 82.9 Å². The summed E-state index contributed by atoms with van der Waals surface area (Å²) in [6.45, 7) is 4.92. The van der Waals surface area contributed by atoms with E-state index in [1.165, 1.54) is 58.3 Å². The van der Waals surface area contributed by atoms with Gasteiger partial charge in [-0.2, -0.15) is 17.6 Å². The Kier molecular flexibility index (Phi) is 9.33. The van der Waals surface area contributed by atoms with Crippen molar-refractivity contribution < 1.29 is 36.6 Å². The van der Waals surface area contributed by atoms with E-state index in [1.807, 2.05) is 13.8 Å². The number of carbonyl (C=O) groups is 2. The molecule has 0 radical (unpaired) electrons. The predicted octanol–water partition coefficient (Wildman–Crippen LogP) is 6.79. The normalized spacial score (nSPS) is 10.7. The van der Waals surface area contributed by atoms with E-state index in [9.17, 15) is 27.2 Å². The van der Waals surface area contributed by atoms with Crippen LogP contribution in [0.1, 0.15) is 47.4 Å². The molecule has 3 aromatic carbocycles. The molecule has 0 aliphatic heterocycles. The van der Waals surface area contributed by atoms with Crippen molar-refractivity contribution in [2.45, 2.75) is 26.7 Å². The first-order valence-corrected chi connectivity index (χ1v) is 12.0. The number of benzene rings is 3. The maximum Gasteiger partial charge on any atom is 0.253 e. The Balaban J connectivity index is 1.80. The van der Waals surface area contributed by atoms with Gasteiger partial charge in [0.15, 0.2) is 0 Å². The first-order valence-electron chi connectivity index (χ1n) is 12.0. The van der Waals surface area contributed by atoms with Gasteiger partial charge in [-0.3, -0.25) is 9.59 Å². The molecule has 0 aliphatic rings. The van der Waals surface area contributed by atoms with Crippen LogP contribution in [0.5, 0.6) is 23.0 Å². The van der Waals surface area contributed by atoms with Crippen LogP contribution in [0.2, 0.25) is 0 Å². The van der Waals surface area contributed by atoms with Crippen molar-refractivity contribution in [1.29, 1.82) is 0 Å². The van der Waals surface area contributed by atoms with E-state index in [2.05, 4.69) is 0 Å². The van der Waals surface area contributed by atoms with Crippen LogP contribution in [0, 0.1) is 23.3 Å². The zero-order valence-corrected chi connectivity index (χ0v) is 21.5. The number of ether oxygens (including phenoxy) is 2. The average molecular weight is 533 g/mol. The van der Waals surface area contributed by atoms with Gasteiger partial charge in [-0.15, -0.1) is 0 Å². The lowest BCUT2D eigenvalue weighted by atomic mass is 10.2. The lowest BCUT2D eigenvalue weighted by Crippen LogP contribution is -2.27. The molecule has 0 spiro atoms. The average Bonchev–Trinajstić information content (AvgIpc) is 2.92. The van der Waals surface area contributed by atoms with E-state index in [-0.39, 0.29) is 23.3 Å². The van der Waals surface area contributed by atoms with Gasteiger partial charge in [0.25, 0.3) is 11.8 Å². The predicted molar refractivity (Wildman–Crippen MR) is 134 cm³/mol. The minimum absolute atomic E-state index is 0.141. The summed E-state index contributed by atoms with van der Waals surface area (Å²) >= 11 is 0. The topological polar surface area (TPSA) is 59.1 Å². The van der Waals surface area contributed by atoms with Crippen molar-refractivity contribution in [2.75, 3.05) is 27.2 Å². The Bertz CT molecular complexity index is 1170. The molecular weight excluding hydrogens is 504 g/mol. The van der Waals surface area contributed by atoms with Gasteiger partial charge < -0.3 is 19.3 Å². The number of hydrogen-bond donors (Lipinski definition) is 0. The second-order valence-corrected chi connectivity index (χ2v) is 8.62. The fraction of sp³-hybridized carbons (Fsp3) is 0.286. The molecule has 10 heteroatoms. The zero-order valence-electron chi connectivity index (χ0n) is 21.5. The molecule has 3 rings (SSSR count). The molecule has 3 aromatic rings. The summed E-state index contributed by atoms with van der Waals surface area (Å²) in [7, 11) is 3.27. The number of nitrogens with zero attached hydrogens (tertiary/aromatic N) is 2. The van der Waals surface area contributed by atoms with E-state index in [0.29, 0.717) is 24.2 Å². The van der Waals surface area contributed by atoms with Crippen LogP contribution in [0.25, 0.3) is 0 Å². The van der Waals surface area contributed by atoms with Crippen molar-refractivity contribution >= 4 is 11.8 Å².